The van der Waals surface area contributed by atoms with Gasteiger partial charge < -0.3 is 20.5 Å². The van der Waals surface area contributed by atoms with Gasteiger partial charge in [-0.2, -0.15) is 0 Å². The molecule has 0 saturated carbocycles. The highest BCUT2D eigenvalue weighted by Gasteiger charge is 2.40. The first-order chi connectivity index (χ1) is 9.61. The fraction of sp³-hybridized carbons (Fsp3) is 0.533. The van der Waals surface area contributed by atoms with Crippen molar-refractivity contribution in [3.63, 3.8) is 0 Å². The van der Waals surface area contributed by atoms with Gasteiger partial charge in [-0.1, -0.05) is 13.3 Å². The van der Waals surface area contributed by atoms with Crippen molar-refractivity contribution in [2.75, 3.05) is 19.0 Å². The maximum absolute atomic E-state index is 12.6. The van der Waals surface area contributed by atoms with E-state index in [2.05, 4.69) is 17.6 Å². The van der Waals surface area contributed by atoms with Gasteiger partial charge in [-0.3, -0.25) is 4.79 Å². The Morgan fingerprint density at radius 1 is 1.55 bits per heavy atom. The molecule has 0 spiro atoms. The maximum atomic E-state index is 12.6. The van der Waals surface area contributed by atoms with Crippen molar-refractivity contribution >= 4 is 11.6 Å². The molecule has 1 aromatic rings. The Morgan fingerprint density at radius 3 is 2.95 bits per heavy atom. The molecule has 0 bridgehead atoms. The zero-order valence-electron chi connectivity index (χ0n) is 12.0. The molecule has 5 heteroatoms. The zero-order chi connectivity index (χ0) is 14.6. The number of nitrogens with one attached hydrogen (secondary N) is 2. The van der Waals surface area contributed by atoms with E-state index >= 15 is 0 Å². The number of aromatic hydroxyl groups is 1. The number of carbonyl (C=O) groups is 1. The van der Waals surface area contributed by atoms with Gasteiger partial charge in [0.15, 0.2) is 0 Å². The highest BCUT2D eigenvalue weighted by atomic mass is 16.5. The maximum Gasteiger partial charge on any atom is 0.244 e. The SMILES string of the molecule is CCCC1(C(=O)Nc2cc(OC)ccc2O)CCCN1. The summed E-state index contributed by atoms with van der Waals surface area (Å²) in [5, 5.41) is 16.0. The number of amides is 1. The molecule has 1 aliphatic rings. The summed E-state index contributed by atoms with van der Waals surface area (Å²) in [6.45, 7) is 2.93. The summed E-state index contributed by atoms with van der Waals surface area (Å²) in [4.78, 5) is 12.6. The molecule has 1 aliphatic heterocycles. The lowest BCUT2D eigenvalue weighted by molar-refractivity contribution is -0.122. The van der Waals surface area contributed by atoms with Crippen LogP contribution in [0.3, 0.4) is 0 Å². The second-order valence-corrected chi connectivity index (χ2v) is 5.20. The predicted octanol–water partition coefficient (Wildman–Crippen LogP) is 2.26. The average Bonchev–Trinajstić information content (AvgIpc) is 2.91. The molecule has 5 nitrogen and oxygen atoms in total. The largest absolute Gasteiger partial charge is 0.506 e. The van der Waals surface area contributed by atoms with Crippen LogP contribution in [0.5, 0.6) is 11.5 Å². The molecule has 110 valence electrons. The number of hydrogen-bond donors (Lipinski definition) is 3. The van der Waals surface area contributed by atoms with Crippen molar-refractivity contribution < 1.29 is 14.6 Å². The molecule has 20 heavy (non-hydrogen) atoms. The van der Waals surface area contributed by atoms with Crippen LogP contribution in [-0.4, -0.2) is 30.2 Å². The molecule has 1 saturated heterocycles. The zero-order valence-corrected chi connectivity index (χ0v) is 12.0. The summed E-state index contributed by atoms with van der Waals surface area (Å²) < 4.78 is 5.11. The number of carbonyl (C=O) groups excluding carboxylic acids is 1. The van der Waals surface area contributed by atoms with Gasteiger partial charge in [0.25, 0.3) is 0 Å². The molecule has 1 heterocycles. The Balaban J connectivity index is 2.18. The average molecular weight is 278 g/mol. The molecule has 1 aromatic carbocycles. The third-order valence-corrected chi connectivity index (χ3v) is 3.81. The first-order valence-corrected chi connectivity index (χ1v) is 7.05. The van der Waals surface area contributed by atoms with Crippen molar-refractivity contribution in [1.29, 1.82) is 0 Å². The number of rotatable bonds is 5. The second kappa shape index (κ2) is 6.13. The summed E-state index contributed by atoms with van der Waals surface area (Å²) in [6.07, 6.45) is 3.56. The number of phenols is 1. The van der Waals surface area contributed by atoms with Crippen LogP contribution < -0.4 is 15.4 Å². The second-order valence-electron chi connectivity index (χ2n) is 5.20. The minimum atomic E-state index is -0.510. The van der Waals surface area contributed by atoms with Crippen LogP contribution in [0, 0.1) is 0 Å². The third kappa shape index (κ3) is 2.88. The van der Waals surface area contributed by atoms with Gasteiger partial charge in [-0.05, 0) is 37.9 Å². The van der Waals surface area contributed by atoms with Gasteiger partial charge in [0.05, 0.1) is 18.3 Å². The van der Waals surface area contributed by atoms with E-state index in [0.717, 1.165) is 32.2 Å². The van der Waals surface area contributed by atoms with Crippen molar-refractivity contribution in [2.24, 2.45) is 0 Å². The lowest BCUT2D eigenvalue weighted by Gasteiger charge is -2.28. The highest BCUT2D eigenvalue weighted by molar-refractivity contribution is 5.99. The van der Waals surface area contributed by atoms with Gasteiger partial charge in [-0.25, -0.2) is 0 Å². The van der Waals surface area contributed by atoms with E-state index in [4.69, 9.17) is 4.74 Å². The number of phenolic OH excluding ortho intramolecular Hbond substituents is 1. The number of benzene rings is 1. The van der Waals surface area contributed by atoms with E-state index in [9.17, 15) is 9.90 Å². The van der Waals surface area contributed by atoms with E-state index in [1.54, 1.807) is 19.2 Å². The molecule has 0 aromatic heterocycles. The molecule has 1 amide bonds. The molecule has 0 radical (unpaired) electrons. The highest BCUT2D eigenvalue weighted by Crippen LogP contribution is 2.31. The Labute approximate surface area is 119 Å². The molecule has 1 atom stereocenters. The molecular formula is C15H22N2O3. The van der Waals surface area contributed by atoms with Gasteiger partial charge in [0, 0.05) is 6.07 Å². The van der Waals surface area contributed by atoms with Crippen molar-refractivity contribution in [3.8, 4) is 11.5 Å². The Bertz CT molecular complexity index is 482. The van der Waals surface area contributed by atoms with E-state index in [1.165, 1.54) is 6.07 Å². The normalized spacial score (nSPS) is 21.7. The first kappa shape index (κ1) is 14.7. The van der Waals surface area contributed by atoms with Crippen LogP contribution in [-0.2, 0) is 4.79 Å². The van der Waals surface area contributed by atoms with E-state index in [0.29, 0.717) is 11.4 Å². The van der Waals surface area contributed by atoms with Crippen molar-refractivity contribution in [2.45, 2.75) is 38.1 Å². The van der Waals surface area contributed by atoms with Gasteiger partial charge in [0.1, 0.15) is 11.5 Å². The topological polar surface area (TPSA) is 70.6 Å². The van der Waals surface area contributed by atoms with Crippen molar-refractivity contribution in [3.05, 3.63) is 18.2 Å². The summed E-state index contributed by atoms with van der Waals surface area (Å²) in [5.41, 5.74) is -0.122. The number of hydrogen-bond acceptors (Lipinski definition) is 4. The van der Waals surface area contributed by atoms with E-state index < -0.39 is 5.54 Å². The van der Waals surface area contributed by atoms with Crippen LogP contribution in [0.25, 0.3) is 0 Å². The molecule has 0 aliphatic carbocycles. The van der Waals surface area contributed by atoms with Crippen LogP contribution in [0.4, 0.5) is 5.69 Å². The third-order valence-electron chi connectivity index (χ3n) is 3.81. The van der Waals surface area contributed by atoms with E-state index in [-0.39, 0.29) is 11.7 Å². The van der Waals surface area contributed by atoms with E-state index in [1.807, 2.05) is 0 Å². The van der Waals surface area contributed by atoms with Crippen LogP contribution in [0.2, 0.25) is 0 Å². The number of methoxy groups -OCH3 is 1. The van der Waals surface area contributed by atoms with Crippen LogP contribution >= 0.6 is 0 Å². The van der Waals surface area contributed by atoms with Gasteiger partial charge >= 0.3 is 0 Å². The minimum absolute atomic E-state index is 0.0452. The fourth-order valence-electron chi connectivity index (χ4n) is 2.74. The molecule has 1 unspecified atom stereocenters. The molecule has 2 rings (SSSR count). The lowest BCUT2D eigenvalue weighted by Crippen LogP contribution is -2.50. The predicted molar refractivity (Wildman–Crippen MR) is 78.2 cm³/mol. The molecule has 3 N–H and O–H groups in total. The monoisotopic (exact) mass is 278 g/mol. The van der Waals surface area contributed by atoms with Gasteiger partial charge in [-0.15, -0.1) is 0 Å². The summed E-state index contributed by atoms with van der Waals surface area (Å²) in [5.74, 6) is 0.561. The lowest BCUT2D eigenvalue weighted by atomic mass is 9.90. The quantitative estimate of drug-likeness (QED) is 0.723. The number of anilines is 1. The van der Waals surface area contributed by atoms with Gasteiger partial charge in [0.2, 0.25) is 5.91 Å². The van der Waals surface area contributed by atoms with Crippen molar-refractivity contribution in [1.82, 2.24) is 5.32 Å². The van der Waals surface area contributed by atoms with Crippen LogP contribution in [0.15, 0.2) is 18.2 Å². The molecular weight excluding hydrogens is 256 g/mol. The Morgan fingerprint density at radius 2 is 2.35 bits per heavy atom. The number of ether oxygens (including phenoxy) is 1. The Hall–Kier alpha value is -1.75. The van der Waals surface area contributed by atoms with Crippen LogP contribution in [0.1, 0.15) is 32.6 Å². The smallest absolute Gasteiger partial charge is 0.244 e. The minimum Gasteiger partial charge on any atom is -0.506 e. The first-order valence-electron chi connectivity index (χ1n) is 7.05. The fourth-order valence-corrected chi connectivity index (χ4v) is 2.74. The summed E-state index contributed by atoms with van der Waals surface area (Å²) in [7, 11) is 1.55. The molecule has 1 fully saturated rings. The summed E-state index contributed by atoms with van der Waals surface area (Å²) in [6, 6.07) is 4.80. The Kier molecular flexibility index (Phi) is 4.49. The summed E-state index contributed by atoms with van der Waals surface area (Å²) >= 11 is 0. The standard InChI is InChI=1S/C15H22N2O3/c1-3-7-15(8-4-9-16-15)14(19)17-12-10-11(20-2)5-6-13(12)18/h5-6,10,16,18H,3-4,7-9H2,1-2H3,(H,17,19).